The number of hydrogen-bond donors (Lipinski definition) is 1. The monoisotopic (exact) mass is 454 g/mol. The van der Waals surface area contributed by atoms with E-state index in [-0.39, 0.29) is 17.5 Å². The molecule has 0 bridgehead atoms. The molecule has 0 saturated heterocycles. The van der Waals surface area contributed by atoms with Crippen LogP contribution in [-0.2, 0) is 4.79 Å². The highest BCUT2D eigenvalue weighted by Crippen LogP contribution is 2.31. The number of aromatic nitrogens is 2. The molecule has 174 valence electrons. The highest BCUT2D eigenvalue weighted by atomic mass is 16.5. The van der Waals surface area contributed by atoms with Gasteiger partial charge in [0.25, 0.3) is 5.91 Å². The SMILES string of the molecule is CCOc1ccc(-c2nn(-c3ccccc3)cc2C=C(C#N)C(=O)NC2CCCCC2)c(C)c1. The van der Waals surface area contributed by atoms with Crippen LogP contribution in [-0.4, -0.2) is 28.3 Å². The summed E-state index contributed by atoms with van der Waals surface area (Å²) in [4.78, 5) is 12.9. The third-order valence-corrected chi connectivity index (χ3v) is 6.13. The van der Waals surface area contributed by atoms with Gasteiger partial charge in [-0.2, -0.15) is 10.4 Å². The molecule has 6 nitrogen and oxygen atoms in total. The van der Waals surface area contributed by atoms with Crippen LogP contribution in [0.5, 0.6) is 5.75 Å². The van der Waals surface area contributed by atoms with Crippen LogP contribution >= 0.6 is 0 Å². The molecule has 1 heterocycles. The van der Waals surface area contributed by atoms with Crippen molar-refractivity contribution in [2.24, 2.45) is 0 Å². The largest absolute Gasteiger partial charge is 0.494 e. The van der Waals surface area contributed by atoms with Gasteiger partial charge in [-0.1, -0.05) is 37.5 Å². The molecular formula is C28H30N4O2. The van der Waals surface area contributed by atoms with E-state index in [4.69, 9.17) is 9.84 Å². The van der Waals surface area contributed by atoms with Crippen LogP contribution < -0.4 is 10.1 Å². The topological polar surface area (TPSA) is 79.9 Å². The van der Waals surface area contributed by atoms with Gasteiger partial charge in [0, 0.05) is 23.4 Å². The van der Waals surface area contributed by atoms with E-state index < -0.39 is 0 Å². The number of nitriles is 1. The summed E-state index contributed by atoms with van der Waals surface area (Å²) in [6.07, 6.45) is 8.88. The minimum atomic E-state index is -0.323. The molecule has 1 saturated carbocycles. The molecule has 1 aromatic heterocycles. The van der Waals surface area contributed by atoms with E-state index in [1.165, 1.54) is 6.42 Å². The predicted molar refractivity (Wildman–Crippen MR) is 134 cm³/mol. The molecule has 6 heteroatoms. The third-order valence-electron chi connectivity index (χ3n) is 6.13. The van der Waals surface area contributed by atoms with Crippen LogP contribution in [0.25, 0.3) is 23.0 Å². The lowest BCUT2D eigenvalue weighted by Crippen LogP contribution is -2.36. The lowest BCUT2D eigenvalue weighted by atomic mass is 9.95. The van der Waals surface area contributed by atoms with Gasteiger partial charge >= 0.3 is 0 Å². The Morgan fingerprint density at radius 3 is 2.65 bits per heavy atom. The minimum absolute atomic E-state index is 0.0861. The molecule has 34 heavy (non-hydrogen) atoms. The number of rotatable bonds is 7. The van der Waals surface area contributed by atoms with E-state index in [1.807, 2.05) is 68.6 Å². The number of hydrogen-bond acceptors (Lipinski definition) is 4. The highest BCUT2D eigenvalue weighted by Gasteiger charge is 2.20. The average Bonchev–Trinajstić information content (AvgIpc) is 3.27. The number of benzene rings is 2. The Bertz CT molecular complexity index is 1210. The minimum Gasteiger partial charge on any atom is -0.494 e. The van der Waals surface area contributed by atoms with E-state index in [0.717, 1.165) is 48.2 Å². The number of carbonyl (C=O) groups excluding carboxylic acids is 1. The molecule has 1 N–H and O–H groups in total. The Hall–Kier alpha value is -3.85. The Morgan fingerprint density at radius 2 is 1.97 bits per heavy atom. The van der Waals surface area contributed by atoms with Gasteiger partial charge in [-0.25, -0.2) is 4.68 Å². The van der Waals surface area contributed by atoms with Crippen LogP contribution in [0.3, 0.4) is 0 Å². The molecule has 2 aromatic carbocycles. The van der Waals surface area contributed by atoms with Gasteiger partial charge in [-0.05, 0) is 68.7 Å². The number of para-hydroxylation sites is 1. The van der Waals surface area contributed by atoms with Gasteiger partial charge in [-0.3, -0.25) is 4.79 Å². The quantitative estimate of drug-likeness (QED) is 0.372. The first kappa shape index (κ1) is 23.3. The predicted octanol–water partition coefficient (Wildman–Crippen LogP) is 5.60. The van der Waals surface area contributed by atoms with E-state index in [1.54, 1.807) is 10.8 Å². The summed E-state index contributed by atoms with van der Waals surface area (Å²) < 4.78 is 7.42. The van der Waals surface area contributed by atoms with Crippen LogP contribution in [0.15, 0.2) is 60.3 Å². The van der Waals surface area contributed by atoms with Crippen LogP contribution in [0.1, 0.15) is 50.2 Å². The number of ether oxygens (including phenoxy) is 1. The summed E-state index contributed by atoms with van der Waals surface area (Å²) in [5.41, 5.74) is 4.34. The Balaban J connectivity index is 1.73. The van der Waals surface area contributed by atoms with Crippen molar-refractivity contribution in [1.29, 1.82) is 5.26 Å². The molecule has 1 aliphatic rings. The number of amides is 1. The van der Waals surface area contributed by atoms with Gasteiger partial charge in [-0.15, -0.1) is 0 Å². The van der Waals surface area contributed by atoms with Crippen molar-refractivity contribution in [2.75, 3.05) is 6.61 Å². The molecule has 4 rings (SSSR count). The summed E-state index contributed by atoms with van der Waals surface area (Å²) in [6, 6.07) is 17.9. The fraction of sp³-hybridized carbons (Fsp3) is 0.321. The molecule has 0 aliphatic heterocycles. The Kier molecular flexibility index (Phi) is 7.44. The van der Waals surface area contributed by atoms with Crippen molar-refractivity contribution in [2.45, 2.75) is 52.0 Å². The van der Waals surface area contributed by atoms with Gasteiger partial charge in [0.05, 0.1) is 12.3 Å². The second kappa shape index (κ2) is 10.8. The van der Waals surface area contributed by atoms with E-state index in [0.29, 0.717) is 17.9 Å². The van der Waals surface area contributed by atoms with Crippen molar-refractivity contribution in [3.05, 3.63) is 71.4 Å². The standard InChI is InChI=1S/C28H30N4O2/c1-3-34-25-14-15-26(20(2)16-25)27-22(19-32(31-27)24-12-8-5-9-13-24)17-21(18-29)28(33)30-23-10-6-4-7-11-23/h5,8-9,12-17,19,23H,3-4,6-7,10-11H2,1-2H3,(H,30,33). The maximum absolute atomic E-state index is 12.9. The number of nitrogens with one attached hydrogen (secondary N) is 1. The summed E-state index contributed by atoms with van der Waals surface area (Å²) in [6.45, 7) is 4.56. The second-order valence-electron chi connectivity index (χ2n) is 8.60. The fourth-order valence-electron chi connectivity index (χ4n) is 4.39. The van der Waals surface area contributed by atoms with Crippen molar-refractivity contribution >= 4 is 12.0 Å². The maximum Gasteiger partial charge on any atom is 0.262 e. The molecule has 1 fully saturated rings. The second-order valence-corrected chi connectivity index (χ2v) is 8.60. The maximum atomic E-state index is 12.9. The zero-order chi connectivity index (χ0) is 23.9. The van der Waals surface area contributed by atoms with Crippen molar-refractivity contribution in [3.63, 3.8) is 0 Å². The molecule has 0 atom stereocenters. The average molecular weight is 455 g/mol. The molecule has 0 spiro atoms. The summed E-state index contributed by atoms with van der Waals surface area (Å²) in [7, 11) is 0. The summed E-state index contributed by atoms with van der Waals surface area (Å²) >= 11 is 0. The van der Waals surface area contributed by atoms with Crippen molar-refractivity contribution in [1.82, 2.24) is 15.1 Å². The van der Waals surface area contributed by atoms with E-state index in [2.05, 4.69) is 11.4 Å². The summed E-state index contributed by atoms with van der Waals surface area (Å²) in [5, 5.41) is 17.7. The van der Waals surface area contributed by atoms with E-state index in [9.17, 15) is 10.1 Å². The smallest absolute Gasteiger partial charge is 0.262 e. The van der Waals surface area contributed by atoms with Gasteiger partial charge < -0.3 is 10.1 Å². The fourth-order valence-corrected chi connectivity index (χ4v) is 4.39. The van der Waals surface area contributed by atoms with Gasteiger partial charge in [0.15, 0.2) is 0 Å². The molecule has 1 amide bonds. The molecular weight excluding hydrogens is 424 g/mol. The van der Waals surface area contributed by atoms with Crippen LogP contribution in [0, 0.1) is 18.3 Å². The van der Waals surface area contributed by atoms with E-state index >= 15 is 0 Å². The molecule has 0 unspecified atom stereocenters. The first-order chi connectivity index (χ1) is 16.6. The van der Waals surface area contributed by atoms with Crippen molar-refractivity contribution < 1.29 is 9.53 Å². The number of nitrogens with zero attached hydrogens (tertiary/aromatic N) is 3. The normalized spacial score (nSPS) is 14.4. The number of carbonyl (C=O) groups is 1. The molecule has 1 aliphatic carbocycles. The molecule has 0 radical (unpaired) electrons. The van der Waals surface area contributed by atoms with Crippen molar-refractivity contribution in [3.8, 4) is 28.8 Å². The summed E-state index contributed by atoms with van der Waals surface area (Å²) in [5.74, 6) is 0.476. The number of aryl methyl sites for hydroxylation is 1. The third kappa shape index (κ3) is 5.37. The first-order valence-electron chi connectivity index (χ1n) is 11.9. The lowest BCUT2D eigenvalue weighted by Gasteiger charge is -2.22. The zero-order valence-electron chi connectivity index (χ0n) is 19.8. The zero-order valence-corrected chi connectivity index (χ0v) is 19.8. The lowest BCUT2D eigenvalue weighted by molar-refractivity contribution is -0.117. The highest BCUT2D eigenvalue weighted by molar-refractivity contribution is 6.02. The van der Waals surface area contributed by atoms with Gasteiger partial charge in [0.2, 0.25) is 0 Å². The van der Waals surface area contributed by atoms with Crippen LogP contribution in [0.2, 0.25) is 0 Å². The Morgan fingerprint density at radius 1 is 1.21 bits per heavy atom. The van der Waals surface area contributed by atoms with Gasteiger partial charge in [0.1, 0.15) is 23.1 Å². The first-order valence-corrected chi connectivity index (χ1v) is 11.9. The molecule has 3 aromatic rings. The van der Waals surface area contributed by atoms with Crippen LogP contribution in [0.4, 0.5) is 0 Å². The Labute approximate surface area is 200 Å².